The van der Waals surface area contributed by atoms with Gasteiger partial charge < -0.3 is 10.4 Å². The summed E-state index contributed by atoms with van der Waals surface area (Å²) in [5, 5.41) is 11.8. The Balaban J connectivity index is 1.80. The van der Waals surface area contributed by atoms with Crippen molar-refractivity contribution in [2.75, 3.05) is 25.0 Å². The maximum absolute atomic E-state index is 12.1. The number of nitrogens with zero attached hydrogens (tertiary/aromatic N) is 1. The lowest BCUT2D eigenvalue weighted by molar-refractivity contribution is -0.117. The molecule has 1 aromatic carbocycles. The van der Waals surface area contributed by atoms with E-state index in [1.165, 1.54) is 18.4 Å². The summed E-state index contributed by atoms with van der Waals surface area (Å²) in [7, 11) is 0. The molecule has 0 radical (unpaired) electrons. The Bertz CT molecular complexity index is 427. The summed E-state index contributed by atoms with van der Waals surface area (Å²) < 4.78 is 0. The normalized spacial score (nSPS) is 14.6. The number of amides is 1. The van der Waals surface area contributed by atoms with Crippen LogP contribution in [-0.2, 0) is 4.79 Å². The highest BCUT2D eigenvalue weighted by molar-refractivity contribution is 5.92. The first-order chi connectivity index (χ1) is 9.69. The van der Waals surface area contributed by atoms with Crippen molar-refractivity contribution in [2.24, 2.45) is 0 Å². The average molecular weight is 276 g/mol. The van der Waals surface area contributed by atoms with E-state index in [2.05, 4.69) is 10.2 Å². The molecule has 1 aliphatic rings. The van der Waals surface area contributed by atoms with Crippen LogP contribution in [0.25, 0.3) is 0 Å². The van der Waals surface area contributed by atoms with Crippen LogP contribution in [0.1, 0.15) is 31.2 Å². The zero-order valence-electron chi connectivity index (χ0n) is 12.1. The second kappa shape index (κ2) is 7.41. The maximum atomic E-state index is 12.1. The lowest BCUT2D eigenvalue weighted by Crippen LogP contribution is -2.35. The van der Waals surface area contributed by atoms with Gasteiger partial charge in [0.25, 0.3) is 0 Å². The monoisotopic (exact) mass is 276 g/mol. The molecule has 0 aromatic heterocycles. The number of hydrogen-bond acceptors (Lipinski definition) is 3. The molecular formula is C16H24N2O2. The van der Waals surface area contributed by atoms with Crippen LogP contribution in [0.4, 0.5) is 5.69 Å². The first-order valence-electron chi connectivity index (χ1n) is 7.40. The number of aliphatic hydroxyl groups excluding tert-OH is 1. The maximum Gasteiger partial charge on any atom is 0.238 e. The van der Waals surface area contributed by atoms with Gasteiger partial charge in [-0.2, -0.15) is 0 Å². The molecule has 20 heavy (non-hydrogen) atoms. The van der Waals surface area contributed by atoms with Crippen LogP contribution < -0.4 is 5.32 Å². The second-order valence-electron chi connectivity index (χ2n) is 5.55. The van der Waals surface area contributed by atoms with E-state index in [0.29, 0.717) is 12.6 Å². The molecule has 0 aliphatic heterocycles. The molecule has 0 spiro atoms. The number of carbonyl (C=O) groups is 1. The van der Waals surface area contributed by atoms with Gasteiger partial charge in [0.2, 0.25) is 5.91 Å². The molecule has 1 aliphatic carbocycles. The fourth-order valence-electron chi connectivity index (χ4n) is 2.28. The van der Waals surface area contributed by atoms with E-state index in [0.717, 1.165) is 25.1 Å². The van der Waals surface area contributed by atoms with Crippen molar-refractivity contribution >= 4 is 11.6 Å². The van der Waals surface area contributed by atoms with Gasteiger partial charge in [0, 0.05) is 18.3 Å². The molecule has 1 fully saturated rings. The van der Waals surface area contributed by atoms with Crippen LogP contribution in [0.5, 0.6) is 0 Å². The molecule has 4 heteroatoms. The van der Waals surface area contributed by atoms with Crippen molar-refractivity contribution in [3.8, 4) is 0 Å². The number of carbonyl (C=O) groups excluding carboxylic acids is 1. The highest BCUT2D eigenvalue weighted by Crippen LogP contribution is 2.26. The smallest absolute Gasteiger partial charge is 0.238 e. The van der Waals surface area contributed by atoms with Crippen molar-refractivity contribution in [1.29, 1.82) is 0 Å². The lowest BCUT2D eigenvalue weighted by Gasteiger charge is -2.21. The van der Waals surface area contributed by atoms with Crippen molar-refractivity contribution < 1.29 is 9.90 Å². The van der Waals surface area contributed by atoms with Gasteiger partial charge >= 0.3 is 0 Å². The van der Waals surface area contributed by atoms with Gasteiger partial charge in [-0.15, -0.1) is 0 Å². The molecule has 0 atom stereocenters. The minimum atomic E-state index is 0.0461. The van der Waals surface area contributed by atoms with Crippen LogP contribution in [0.15, 0.2) is 24.3 Å². The second-order valence-corrected chi connectivity index (χ2v) is 5.55. The summed E-state index contributed by atoms with van der Waals surface area (Å²) in [6, 6.07) is 8.42. The van der Waals surface area contributed by atoms with Gasteiger partial charge in [-0.1, -0.05) is 17.7 Å². The van der Waals surface area contributed by atoms with E-state index in [9.17, 15) is 4.79 Å². The number of unbranched alkanes of at least 4 members (excludes halogenated alkanes) is 1. The molecule has 1 amide bonds. The molecule has 0 bridgehead atoms. The van der Waals surface area contributed by atoms with E-state index in [-0.39, 0.29) is 12.5 Å². The third-order valence-electron chi connectivity index (χ3n) is 3.60. The summed E-state index contributed by atoms with van der Waals surface area (Å²) in [5.41, 5.74) is 2.04. The zero-order chi connectivity index (χ0) is 14.4. The van der Waals surface area contributed by atoms with Crippen molar-refractivity contribution in [3.63, 3.8) is 0 Å². The number of nitrogens with one attached hydrogen (secondary N) is 1. The highest BCUT2D eigenvalue weighted by atomic mass is 16.2. The fourth-order valence-corrected chi connectivity index (χ4v) is 2.28. The van der Waals surface area contributed by atoms with Crippen LogP contribution >= 0.6 is 0 Å². The minimum absolute atomic E-state index is 0.0461. The molecule has 1 aromatic rings. The predicted molar refractivity (Wildman–Crippen MR) is 80.7 cm³/mol. The van der Waals surface area contributed by atoms with Gasteiger partial charge in [0.15, 0.2) is 0 Å². The van der Waals surface area contributed by atoms with E-state index in [1.807, 2.05) is 31.2 Å². The molecule has 0 unspecified atom stereocenters. The summed E-state index contributed by atoms with van der Waals surface area (Å²) in [4.78, 5) is 14.3. The van der Waals surface area contributed by atoms with Crippen LogP contribution in [-0.4, -0.2) is 41.7 Å². The quantitative estimate of drug-likeness (QED) is 0.716. The molecule has 4 nitrogen and oxygen atoms in total. The molecule has 0 saturated heterocycles. The van der Waals surface area contributed by atoms with Gasteiger partial charge in [-0.3, -0.25) is 9.69 Å². The number of aliphatic hydroxyl groups is 1. The van der Waals surface area contributed by atoms with E-state index in [4.69, 9.17) is 5.11 Å². The van der Waals surface area contributed by atoms with E-state index < -0.39 is 0 Å². The topological polar surface area (TPSA) is 52.6 Å². The molecule has 2 N–H and O–H groups in total. The third-order valence-corrected chi connectivity index (χ3v) is 3.60. The van der Waals surface area contributed by atoms with Crippen LogP contribution in [0, 0.1) is 6.92 Å². The van der Waals surface area contributed by atoms with E-state index >= 15 is 0 Å². The molecular weight excluding hydrogens is 252 g/mol. The summed E-state index contributed by atoms with van der Waals surface area (Å²) in [6.07, 6.45) is 4.14. The number of rotatable bonds is 8. The Morgan fingerprint density at radius 1 is 1.30 bits per heavy atom. The summed E-state index contributed by atoms with van der Waals surface area (Å²) in [5.74, 6) is 0.0461. The Kier molecular flexibility index (Phi) is 5.56. The number of hydrogen-bond donors (Lipinski definition) is 2. The average Bonchev–Trinajstić information content (AvgIpc) is 3.25. The first-order valence-corrected chi connectivity index (χ1v) is 7.40. The Hall–Kier alpha value is -1.39. The van der Waals surface area contributed by atoms with Gasteiger partial charge in [0.1, 0.15) is 0 Å². The van der Waals surface area contributed by atoms with Crippen molar-refractivity contribution in [3.05, 3.63) is 29.8 Å². The largest absolute Gasteiger partial charge is 0.396 e. The summed E-state index contributed by atoms with van der Waals surface area (Å²) in [6.45, 7) is 3.60. The van der Waals surface area contributed by atoms with Crippen molar-refractivity contribution in [2.45, 2.75) is 38.6 Å². The fraction of sp³-hybridized carbons (Fsp3) is 0.562. The molecule has 0 heterocycles. The number of anilines is 1. The van der Waals surface area contributed by atoms with Crippen LogP contribution in [0.2, 0.25) is 0 Å². The minimum Gasteiger partial charge on any atom is -0.396 e. The Morgan fingerprint density at radius 2 is 2.00 bits per heavy atom. The molecule has 110 valence electrons. The molecule has 1 saturated carbocycles. The zero-order valence-corrected chi connectivity index (χ0v) is 12.1. The predicted octanol–water partition coefficient (Wildman–Crippen LogP) is 2.17. The van der Waals surface area contributed by atoms with Crippen molar-refractivity contribution in [1.82, 2.24) is 4.90 Å². The standard InChI is InChI=1S/C16H24N2O2/c1-13-4-6-14(7-5-13)17-16(20)12-18(15-8-9-15)10-2-3-11-19/h4-7,15,19H,2-3,8-12H2,1H3,(H,17,20). The van der Waals surface area contributed by atoms with E-state index in [1.54, 1.807) is 0 Å². The van der Waals surface area contributed by atoms with Gasteiger partial charge in [0.05, 0.1) is 6.54 Å². The first kappa shape index (κ1) is 15.0. The summed E-state index contributed by atoms with van der Waals surface area (Å²) >= 11 is 0. The Labute approximate surface area is 120 Å². The number of benzene rings is 1. The molecule has 2 rings (SSSR count). The lowest BCUT2D eigenvalue weighted by atomic mass is 10.2. The SMILES string of the molecule is Cc1ccc(NC(=O)CN(CCCCO)C2CC2)cc1. The van der Waals surface area contributed by atoms with Gasteiger partial charge in [-0.05, 0) is 51.3 Å². The van der Waals surface area contributed by atoms with Crippen LogP contribution in [0.3, 0.4) is 0 Å². The Morgan fingerprint density at radius 3 is 2.60 bits per heavy atom. The number of aryl methyl sites for hydroxylation is 1. The highest BCUT2D eigenvalue weighted by Gasteiger charge is 2.29. The third kappa shape index (κ3) is 4.94. The van der Waals surface area contributed by atoms with Gasteiger partial charge in [-0.25, -0.2) is 0 Å².